The zero-order chi connectivity index (χ0) is 9.14. The maximum Gasteiger partial charge on any atom is 0.179 e. The van der Waals surface area contributed by atoms with Crippen molar-refractivity contribution in [1.29, 1.82) is 5.26 Å². The van der Waals surface area contributed by atoms with Gasteiger partial charge in [-0.25, -0.2) is 0 Å². The van der Waals surface area contributed by atoms with Crippen molar-refractivity contribution in [2.24, 2.45) is 5.92 Å². The number of Topliss-reactive ketones (excluding diaryl/α,β-unsaturated/α-hetero) is 1. The topological polar surface area (TPSA) is 44.1 Å². The van der Waals surface area contributed by atoms with Gasteiger partial charge in [-0.3, -0.25) is 4.79 Å². The first-order valence-corrected chi connectivity index (χ1v) is 4.37. The molecular weight excluding hydrogens is 152 g/mol. The summed E-state index contributed by atoms with van der Waals surface area (Å²) in [4.78, 5) is 13.1. The average Bonchev–Trinajstić information content (AvgIpc) is 2.49. The van der Waals surface area contributed by atoms with Crippen LogP contribution in [0.5, 0.6) is 0 Å². The molecule has 1 aliphatic heterocycles. The lowest BCUT2D eigenvalue weighted by Crippen LogP contribution is -2.35. The first kappa shape index (κ1) is 9.05. The molecule has 1 rings (SSSR count). The van der Waals surface area contributed by atoms with Gasteiger partial charge in [0.1, 0.15) is 0 Å². The monoisotopic (exact) mass is 166 g/mol. The van der Waals surface area contributed by atoms with E-state index in [1.54, 1.807) is 4.90 Å². The molecule has 0 aromatic carbocycles. The molecule has 12 heavy (non-hydrogen) atoms. The van der Waals surface area contributed by atoms with Crippen LogP contribution in [-0.4, -0.2) is 23.3 Å². The minimum Gasteiger partial charge on any atom is -0.300 e. The molecule has 0 spiro atoms. The van der Waals surface area contributed by atoms with Crippen molar-refractivity contribution in [1.82, 2.24) is 4.90 Å². The van der Waals surface area contributed by atoms with E-state index in [0.29, 0.717) is 0 Å². The molecule has 1 fully saturated rings. The van der Waals surface area contributed by atoms with Gasteiger partial charge in [-0.1, -0.05) is 13.8 Å². The summed E-state index contributed by atoms with van der Waals surface area (Å²) in [6.45, 7) is 4.52. The molecule has 1 unspecified atom stereocenters. The summed E-state index contributed by atoms with van der Waals surface area (Å²) in [6, 6.07) is -0.130. The molecule has 3 nitrogen and oxygen atoms in total. The Hall–Kier alpha value is -1.04. The fraction of sp³-hybridized carbons (Fsp3) is 0.778. The fourth-order valence-electron chi connectivity index (χ4n) is 1.57. The van der Waals surface area contributed by atoms with Crippen molar-refractivity contribution in [3.63, 3.8) is 0 Å². The van der Waals surface area contributed by atoms with Crippen LogP contribution < -0.4 is 0 Å². The molecule has 1 atom stereocenters. The van der Waals surface area contributed by atoms with Gasteiger partial charge >= 0.3 is 0 Å². The second kappa shape index (κ2) is 3.57. The smallest absolute Gasteiger partial charge is 0.179 e. The molecule has 0 aromatic rings. The maximum atomic E-state index is 11.5. The van der Waals surface area contributed by atoms with Gasteiger partial charge in [0.2, 0.25) is 0 Å². The molecule has 1 aliphatic rings. The summed E-state index contributed by atoms with van der Waals surface area (Å²) < 4.78 is 0. The van der Waals surface area contributed by atoms with E-state index in [1.807, 2.05) is 13.8 Å². The number of hydrogen-bond donors (Lipinski definition) is 0. The van der Waals surface area contributed by atoms with Crippen molar-refractivity contribution in [3.8, 4) is 6.19 Å². The lowest BCUT2D eigenvalue weighted by atomic mass is 10.0. The van der Waals surface area contributed by atoms with Gasteiger partial charge in [0, 0.05) is 12.5 Å². The van der Waals surface area contributed by atoms with Gasteiger partial charge in [-0.2, -0.15) is 5.26 Å². The van der Waals surface area contributed by atoms with Crippen molar-refractivity contribution in [3.05, 3.63) is 0 Å². The summed E-state index contributed by atoms with van der Waals surface area (Å²) in [5.74, 6) is 0.248. The van der Waals surface area contributed by atoms with Crippen LogP contribution in [0.15, 0.2) is 0 Å². The molecular formula is C9H14N2O. The summed E-state index contributed by atoms with van der Waals surface area (Å²) in [6.07, 6.45) is 3.88. The van der Waals surface area contributed by atoms with E-state index in [9.17, 15) is 4.79 Å². The predicted octanol–water partition coefficient (Wildman–Crippen LogP) is 1.16. The third-order valence-corrected chi connectivity index (χ3v) is 2.28. The fourth-order valence-corrected chi connectivity index (χ4v) is 1.57. The van der Waals surface area contributed by atoms with Gasteiger partial charge in [-0.05, 0) is 12.8 Å². The highest BCUT2D eigenvalue weighted by molar-refractivity contribution is 5.86. The second-order valence-corrected chi connectivity index (χ2v) is 3.51. The Bertz CT molecular complexity index is 217. The largest absolute Gasteiger partial charge is 0.300 e. The van der Waals surface area contributed by atoms with Crippen LogP contribution in [0.1, 0.15) is 26.7 Å². The van der Waals surface area contributed by atoms with Crippen LogP contribution in [0, 0.1) is 17.4 Å². The highest BCUT2D eigenvalue weighted by Gasteiger charge is 2.30. The normalized spacial score (nSPS) is 22.8. The van der Waals surface area contributed by atoms with Crippen LogP contribution in [0.3, 0.4) is 0 Å². The number of carbonyl (C=O) groups excluding carboxylic acids is 1. The van der Waals surface area contributed by atoms with E-state index in [1.165, 1.54) is 0 Å². The van der Waals surface area contributed by atoms with Crippen molar-refractivity contribution in [2.75, 3.05) is 6.54 Å². The lowest BCUT2D eigenvalue weighted by Gasteiger charge is -2.18. The first-order chi connectivity index (χ1) is 5.66. The molecule has 0 aliphatic carbocycles. The quantitative estimate of drug-likeness (QED) is 0.578. The van der Waals surface area contributed by atoms with E-state index >= 15 is 0 Å². The molecule has 0 bridgehead atoms. The van der Waals surface area contributed by atoms with Crippen LogP contribution in [0.2, 0.25) is 0 Å². The van der Waals surface area contributed by atoms with E-state index in [0.717, 1.165) is 19.4 Å². The minimum atomic E-state index is -0.130. The van der Waals surface area contributed by atoms with Gasteiger partial charge in [0.15, 0.2) is 12.0 Å². The molecule has 0 amide bonds. The van der Waals surface area contributed by atoms with Crippen LogP contribution in [-0.2, 0) is 4.79 Å². The maximum absolute atomic E-state index is 11.5. The summed E-state index contributed by atoms with van der Waals surface area (Å²) >= 11 is 0. The number of nitriles is 1. The Morgan fingerprint density at radius 2 is 2.33 bits per heavy atom. The van der Waals surface area contributed by atoms with Crippen molar-refractivity contribution < 1.29 is 4.79 Å². The Morgan fingerprint density at radius 3 is 2.83 bits per heavy atom. The number of nitrogens with zero attached hydrogens (tertiary/aromatic N) is 2. The van der Waals surface area contributed by atoms with Crippen molar-refractivity contribution >= 4 is 5.78 Å². The lowest BCUT2D eigenvalue weighted by molar-refractivity contribution is -0.125. The Balaban J connectivity index is 2.63. The van der Waals surface area contributed by atoms with Gasteiger partial charge < -0.3 is 4.90 Å². The number of ketones is 1. The van der Waals surface area contributed by atoms with Gasteiger partial charge in [0.05, 0.1) is 6.04 Å². The SMILES string of the molecule is CC(C)C(=O)C1CCCN1C#N. The highest BCUT2D eigenvalue weighted by atomic mass is 16.1. The zero-order valence-electron chi connectivity index (χ0n) is 7.58. The zero-order valence-corrected chi connectivity index (χ0v) is 7.58. The third-order valence-electron chi connectivity index (χ3n) is 2.28. The Labute approximate surface area is 73.0 Å². The van der Waals surface area contributed by atoms with Gasteiger partial charge in [-0.15, -0.1) is 0 Å². The van der Waals surface area contributed by atoms with E-state index in [-0.39, 0.29) is 17.7 Å². The second-order valence-electron chi connectivity index (χ2n) is 3.51. The number of carbonyl (C=O) groups is 1. The Kier molecular flexibility index (Phi) is 2.69. The standard InChI is InChI=1S/C9H14N2O/c1-7(2)9(12)8-4-3-5-11(8)6-10/h7-8H,3-5H2,1-2H3. The van der Waals surface area contributed by atoms with Crippen molar-refractivity contribution in [2.45, 2.75) is 32.7 Å². The minimum absolute atomic E-state index is 0.0453. The van der Waals surface area contributed by atoms with E-state index in [4.69, 9.17) is 5.26 Å². The molecule has 0 N–H and O–H groups in total. The van der Waals surface area contributed by atoms with E-state index < -0.39 is 0 Å². The Morgan fingerprint density at radius 1 is 1.67 bits per heavy atom. The number of likely N-dealkylation sites (tertiary alicyclic amines) is 1. The summed E-state index contributed by atoms with van der Waals surface area (Å²) in [7, 11) is 0. The molecule has 3 heteroatoms. The molecule has 1 heterocycles. The van der Waals surface area contributed by atoms with Gasteiger partial charge in [0.25, 0.3) is 0 Å². The van der Waals surface area contributed by atoms with Crippen LogP contribution in [0.25, 0.3) is 0 Å². The molecule has 66 valence electrons. The number of hydrogen-bond acceptors (Lipinski definition) is 3. The number of rotatable bonds is 2. The van der Waals surface area contributed by atoms with Crippen LogP contribution >= 0.6 is 0 Å². The molecule has 0 aromatic heterocycles. The molecule has 1 saturated heterocycles. The van der Waals surface area contributed by atoms with E-state index in [2.05, 4.69) is 6.19 Å². The summed E-state index contributed by atoms with van der Waals surface area (Å²) in [5.41, 5.74) is 0. The van der Waals surface area contributed by atoms with Crippen LogP contribution in [0.4, 0.5) is 0 Å². The highest BCUT2D eigenvalue weighted by Crippen LogP contribution is 2.19. The molecule has 0 saturated carbocycles. The first-order valence-electron chi connectivity index (χ1n) is 4.37. The average molecular weight is 166 g/mol. The predicted molar refractivity (Wildman–Crippen MR) is 45.2 cm³/mol. The summed E-state index contributed by atoms with van der Waals surface area (Å²) in [5, 5.41) is 8.69. The third kappa shape index (κ3) is 1.58. The molecule has 0 radical (unpaired) electrons.